The fraction of sp³-hybridized carbons (Fsp3) is 0.485. The van der Waals surface area contributed by atoms with Gasteiger partial charge in [0.15, 0.2) is 0 Å². The van der Waals surface area contributed by atoms with E-state index in [2.05, 4.69) is 78.0 Å². The highest BCUT2D eigenvalue weighted by Crippen LogP contribution is 2.21. The van der Waals surface area contributed by atoms with Gasteiger partial charge in [-0.1, -0.05) is 67.7 Å². The van der Waals surface area contributed by atoms with Gasteiger partial charge in [-0.2, -0.15) is 0 Å². The maximum Gasteiger partial charge on any atom is 0.252 e. The number of rotatable bonds is 17. The SMILES string of the molecule is CCC=CCC=CCC=CCC=CCC=CCCCC(=O)N1CCC(CCNC(=O)c2cccnc2)CC1. The van der Waals surface area contributed by atoms with Crippen LogP contribution in [0.2, 0.25) is 0 Å². The third-order valence-electron chi connectivity index (χ3n) is 6.65. The summed E-state index contributed by atoms with van der Waals surface area (Å²) in [6, 6.07) is 3.54. The smallest absolute Gasteiger partial charge is 0.252 e. The minimum absolute atomic E-state index is 0.0711. The van der Waals surface area contributed by atoms with Crippen LogP contribution in [0.1, 0.15) is 87.9 Å². The number of pyridine rings is 1. The first-order valence-electron chi connectivity index (χ1n) is 14.4. The number of carbonyl (C=O) groups is 2. The zero-order valence-corrected chi connectivity index (χ0v) is 23.3. The van der Waals surface area contributed by atoms with E-state index in [-0.39, 0.29) is 11.8 Å². The number of piperidine rings is 1. The average Bonchev–Trinajstić information content (AvgIpc) is 2.95. The van der Waals surface area contributed by atoms with Gasteiger partial charge in [-0.25, -0.2) is 0 Å². The van der Waals surface area contributed by atoms with Crippen LogP contribution >= 0.6 is 0 Å². The summed E-state index contributed by atoms with van der Waals surface area (Å²) < 4.78 is 0. The lowest BCUT2D eigenvalue weighted by atomic mass is 9.93. The molecule has 1 aromatic heterocycles. The molecule has 1 fully saturated rings. The molecule has 206 valence electrons. The molecule has 5 heteroatoms. The van der Waals surface area contributed by atoms with Gasteiger partial charge in [0.25, 0.3) is 5.91 Å². The van der Waals surface area contributed by atoms with Gasteiger partial charge in [-0.15, -0.1) is 0 Å². The van der Waals surface area contributed by atoms with E-state index < -0.39 is 0 Å². The first-order chi connectivity index (χ1) is 18.7. The zero-order valence-electron chi connectivity index (χ0n) is 23.3. The van der Waals surface area contributed by atoms with E-state index in [9.17, 15) is 9.59 Å². The number of nitrogens with one attached hydrogen (secondary N) is 1. The summed E-state index contributed by atoms with van der Waals surface area (Å²) >= 11 is 0. The Balaban J connectivity index is 1.45. The summed E-state index contributed by atoms with van der Waals surface area (Å²) in [4.78, 5) is 30.6. The predicted molar refractivity (Wildman–Crippen MR) is 159 cm³/mol. The molecule has 5 nitrogen and oxygen atoms in total. The lowest BCUT2D eigenvalue weighted by molar-refractivity contribution is -0.132. The van der Waals surface area contributed by atoms with Gasteiger partial charge in [0, 0.05) is 38.4 Å². The van der Waals surface area contributed by atoms with Gasteiger partial charge in [0.2, 0.25) is 5.91 Å². The molecule has 2 amide bonds. The topological polar surface area (TPSA) is 62.3 Å². The van der Waals surface area contributed by atoms with E-state index in [1.807, 2.05) is 4.90 Å². The minimum Gasteiger partial charge on any atom is -0.352 e. The number of allylic oxidation sites excluding steroid dienone is 10. The van der Waals surface area contributed by atoms with Crippen molar-refractivity contribution in [3.63, 3.8) is 0 Å². The normalized spacial score (nSPS) is 15.1. The van der Waals surface area contributed by atoms with Gasteiger partial charge in [0.1, 0.15) is 0 Å². The van der Waals surface area contributed by atoms with E-state index in [1.165, 1.54) is 0 Å². The number of nitrogens with zero attached hydrogens (tertiary/aromatic N) is 2. The second-order valence-corrected chi connectivity index (χ2v) is 9.71. The predicted octanol–water partition coefficient (Wildman–Crippen LogP) is 7.36. The van der Waals surface area contributed by atoms with Gasteiger partial charge in [-0.3, -0.25) is 14.6 Å². The molecule has 0 saturated carbocycles. The van der Waals surface area contributed by atoms with Crippen molar-refractivity contribution in [1.82, 2.24) is 15.2 Å². The van der Waals surface area contributed by atoms with Crippen molar-refractivity contribution in [2.75, 3.05) is 19.6 Å². The van der Waals surface area contributed by atoms with Crippen molar-refractivity contribution < 1.29 is 9.59 Å². The number of hydrogen-bond acceptors (Lipinski definition) is 3. The molecule has 0 bridgehead atoms. The Labute approximate surface area is 230 Å². The molecule has 2 rings (SSSR count). The number of hydrogen-bond donors (Lipinski definition) is 1. The highest BCUT2D eigenvalue weighted by Gasteiger charge is 2.22. The molecule has 0 unspecified atom stereocenters. The molecular weight excluding hydrogens is 470 g/mol. The van der Waals surface area contributed by atoms with Crippen molar-refractivity contribution in [2.45, 2.75) is 77.6 Å². The largest absolute Gasteiger partial charge is 0.352 e. The summed E-state index contributed by atoms with van der Waals surface area (Å²) in [5.41, 5.74) is 0.595. The van der Waals surface area contributed by atoms with Crippen molar-refractivity contribution in [2.24, 2.45) is 5.92 Å². The maximum atomic E-state index is 12.5. The molecule has 38 heavy (non-hydrogen) atoms. The Hall–Kier alpha value is -3.21. The molecule has 1 saturated heterocycles. The monoisotopic (exact) mass is 517 g/mol. The number of amides is 2. The van der Waals surface area contributed by atoms with Gasteiger partial charge in [0.05, 0.1) is 5.56 Å². The van der Waals surface area contributed by atoms with Crippen LogP contribution in [-0.2, 0) is 4.79 Å². The minimum atomic E-state index is -0.0711. The van der Waals surface area contributed by atoms with Crippen LogP contribution in [0.15, 0.2) is 85.3 Å². The fourth-order valence-corrected chi connectivity index (χ4v) is 4.36. The van der Waals surface area contributed by atoms with Crippen LogP contribution in [0.25, 0.3) is 0 Å². The average molecular weight is 518 g/mol. The Morgan fingerprint density at radius 3 is 2.11 bits per heavy atom. The molecule has 1 aliphatic rings. The van der Waals surface area contributed by atoms with Crippen molar-refractivity contribution >= 4 is 11.8 Å². The second-order valence-electron chi connectivity index (χ2n) is 9.71. The van der Waals surface area contributed by atoms with Crippen LogP contribution < -0.4 is 5.32 Å². The van der Waals surface area contributed by atoms with Crippen LogP contribution in [0.5, 0.6) is 0 Å². The summed E-state index contributed by atoms with van der Waals surface area (Å²) in [5, 5.41) is 2.98. The number of unbranched alkanes of at least 4 members (excludes halogenated alkanes) is 1. The quantitative estimate of drug-likeness (QED) is 0.173. The Morgan fingerprint density at radius 1 is 0.921 bits per heavy atom. The van der Waals surface area contributed by atoms with Crippen molar-refractivity contribution in [1.29, 1.82) is 0 Å². The third kappa shape index (κ3) is 14.5. The van der Waals surface area contributed by atoms with E-state index in [1.54, 1.807) is 24.5 Å². The van der Waals surface area contributed by atoms with Gasteiger partial charge in [-0.05, 0) is 82.3 Å². The molecule has 1 aliphatic heterocycles. The molecular formula is C33H47N3O2. The first kappa shape index (κ1) is 31.0. The van der Waals surface area contributed by atoms with Crippen LogP contribution in [0, 0.1) is 5.92 Å². The summed E-state index contributed by atoms with van der Waals surface area (Å²) in [6.07, 6.45) is 35.8. The zero-order chi connectivity index (χ0) is 27.1. The molecule has 0 atom stereocenters. The molecule has 1 aromatic rings. The second kappa shape index (κ2) is 20.8. The van der Waals surface area contributed by atoms with Gasteiger partial charge < -0.3 is 10.2 Å². The molecule has 0 aromatic carbocycles. The van der Waals surface area contributed by atoms with Crippen LogP contribution in [0.3, 0.4) is 0 Å². The van der Waals surface area contributed by atoms with E-state index in [0.717, 1.165) is 77.3 Å². The summed E-state index contributed by atoms with van der Waals surface area (Å²) in [5.74, 6) is 0.772. The lowest BCUT2D eigenvalue weighted by Gasteiger charge is -2.32. The lowest BCUT2D eigenvalue weighted by Crippen LogP contribution is -2.39. The maximum absolute atomic E-state index is 12.5. The highest BCUT2D eigenvalue weighted by atomic mass is 16.2. The highest BCUT2D eigenvalue weighted by molar-refractivity contribution is 5.93. The molecule has 2 heterocycles. The van der Waals surface area contributed by atoms with Crippen LogP contribution in [0.4, 0.5) is 0 Å². The van der Waals surface area contributed by atoms with Crippen molar-refractivity contribution in [3.05, 3.63) is 90.9 Å². The van der Waals surface area contributed by atoms with Crippen molar-refractivity contribution in [3.8, 4) is 0 Å². The molecule has 1 N–H and O–H groups in total. The van der Waals surface area contributed by atoms with E-state index >= 15 is 0 Å². The van der Waals surface area contributed by atoms with E-state index in [4.69, 9.17) is 0 Å². The standard InChI is InChI=1S/C33H47N3O2/c1-2-3-4-5-6-7-8-9-10-11-12-13-14-15-16-17-18-21-32(37)36-27-23-30(24-28-36)22-26-35-33(38)31-20-19-25-34-29-31/h3-4,6-7,9-10,12-13,15-16,19-20,25,29-30H,2,5,8,11,14,17-18,21-24,26-28H2,1H3,(H,35,38). The van der Waals surface area contributed by atoms with Gasteiger partial charge >= 0.3 is 0 Å². The number of carbonyl (C=O) groups excluding carboxylic acids is 2. The summed E-state index contributed by atoms with van der Waals surface area (Å²) in [7, 11) is 0. The molecule has 0 radical (unpaired) electrons. The number of aromatic nitrogens is 1. The van der Waals surface area contributed by atoms with E-state index in [0.29, 0.717) is 24.4 Å². The summed E-state index contributed by atoms with van der Waals surface area (Å²) in [6.45, 7) is 4.49. The number of likely N-dealkylation sites (tertiary alicyclic amines) is 1. The molecule has 0 spiro atoms. The Bertz CT molecular complexity index is 923. The first-order valence-corrected chi connectivity index (χ1v) is 14.4. The van der Waals surface area contributed by atoms with Crippen LogP contribution in [-0.4, -0.2) is 41.3 Å². The third-order valence-corrected chi connectivity index (χ3v) is 6.65. The fourth-order valence-electron chi connectivity index (χ4n) is 4.36. The molecule has 0 aliphatic carbocycles. The Morgan fingerprint density at radius 2 is 1.53 bits per heavy atom. The Kier molecular flexibility index (Phi) is 17.0.